The maximum atomic E-state index is 13.0. The summed E-state index contributed by atoms with van der Waals surface area (Å²) in [6, 6.07) is 17.8. The summed E-state index contributed by atoms with van der Waals surface area (Å²) in [5, 5.41) is 17.9. The Morgan fingerprint density at radius 1 is 1.03 bits per heavy atom. The molecule has 9 heteroatoms. The highest BCUT2D eigenvalue weighted by Crippen LogP contribution is 2.25. The van der Waals surface area contributed by atoms with E-state index < -0.39 is 16.1 Å². The largest absolute Gasteiger partial charge is 0.490 e. The summed E-state index contributed by atoms with van der Waals surface area (Å²) in [6.45, 7) is 2.33. The van der Waals surface area contributed by atoms with E-state index in [4.69, 9.17) is 9.88 Å². The number of benzene rings is 3. The molecule has 1 aromatic heterocycles. The molecule has 4 rings (SSSR count). The van der Waals surface area contributed by atoms with Crippen LogP contribution in [0.15, 0.2) is 70.4 Å². The quantitative estimate of drug-likeness (QED) is 0.423. The second-order valence-corrected chi connectivity index (χ2v) is 9.24. The van der Waals surface area contributed by atoms with Crippen molar-refractivity contribution in [2.45, 2.75) is 37.4 Å². The molecule has 168 valence electrons. The number of imidazole rings is 1. The number of hydrogen-bond donors (Lipinski definition) is 2. The van der Waals surface area contributed by atoms with Gasteiger partial charge in [-0.05, 0) is 36.1 Å². The molecule has 0 spiro atoms. The topological polar surface area (TPSA) is 117 Å². The Morgan fingerprint density at radius 2 is 1.78 bits per heavy atom. The number of hydrogen-bond acceptors (Lipinski definition) is 5. The number of aryl methyl sites for hydroxylation is 1. The zero-order valence-electron chi connectivity index (χ0n) is 17.6. The van der Waals surface area contributed by atoms with Crippen LogP contribution in [-0.4, -0.2) is 35.4 Å². The normalized spacial score (nSPS) is 13.0. The Morgan fingerprint density at radius 3 is 2.53 bits per heavy atom. The molecule has 0 aliphatic rings. The monoisotopic (exact) mass is 455 g/mol. The van der Waals surface area contributed by atoms with Gasteiger partial charge in [0.2, 0.25) is 10.0 Å². The van der Waals surface area contributed by atoms with Gasteiger partial charge in [-0.15, -0.1) is 0 Å². The minimum atomic E-state index is -3.93. The van der Waals surface area contributed by atoms with Gasteiger partial charge in [-0.3, -0.25) is 9.13 Å². The molecule has 0 saturated carbocycles. The molecule has 0 bridgehead atoms. The van der Waals surface area contributed by atoms with E-state index in [-0.39, 0.29) is 23.7 Å². The van der Waals surface area contributed by atoms with Gasteiger partial charge in [0, 0.05) is 11.9 Å². The second-order valence-electron chi connectivity index (χ2n) is 7.68. The molecule has 3 N–H and O–H groups in total. The molecule has 3 aromatic carbocycles. The third-order valence-corrected chi connectivity index (χ3v) is 6.25. The lowest BCUT2D eigenvalue weighted by Gasteiger charge is -2.14. The lowest BCUT2D eigenvalue weighted by molar-refractivity contribution is 0.0932. The fourth-order valence-corrected chi connectivity index (χ4v) is 4.40. The second kappa shape index (κ2) is 8.78. The van der Waals surface area contributed by atoms with E-state index in [0.717, 1.165) is 17.2 Å². The molecular formula is C23H25N3O5S. The number of aromatic nitrogens is 2. The van der Waals surface area contributed by atoms with Crippen molar-refractivity contribution < 1.29 is 18.3 Å². The van der Waals surface area contributed by atoms with Gasteiger partial charge in [-0.2, -0.15) is 0 Å². The first-order valence-electron chi connectivity index (χ1n) is 10.3. The highest BCUT2D eigenvalue weighted by Gasteiger charge is 2.19. The molecule has 0 fully saturated rings. The zero-order chi connectivity index (χ0) is 22.9. The minimum absolute atomic E-state index is 0.0320. The third-order valence-electron chi connectivity index (χ3n) is 5.34. The molecule has 0 radical (unpaired) electrons. The van der Waals surface area contributed by atoms with Crippen LogP contribution >= 0.6 is 0 Å². The van der Waals surface area contributed by atoms with Crippen LogP contribution < -0.4 is 15.6 Å². The molecule has 0 aliphatic heterocycles. The summed E-state index contributed by atoms with van der Waals surface area (Å²) in [5.41, 5.74) is 0.670. The molecule has 0 amide bonds. The fourth-order valence-electron chi connectivity index (χ4n) is 3.86. The number of ether oxygens (including phenoxy) is 1. The van der Waals surface area contributed by atoms with Crippen LogP contribution in [0.3, 0.4) is 0 Å². The Hall–Kier alpha value is -3.14. The van der Waals surface area contributed by atoms with Crippen LogP contribution in [-0.2, 0) is 23.1 Å². The SMILES string of the molecule is CCCn1c(=O)n(CC(O)COc2cccc3ccccc23)c2cc(S(N)(=O)=O)ccc21. The van der Waals surface area contributed by atoms with Crippen LogP contribution in [0.4, 0.5) is 0 Å². The van der Waals surface area contributed by atoms with E-state index in [2.05, 4.69) is 0 Å². The lowest BCUT2D eigenvalue weighted by Crippen LogP contribution is -2.31. The van der Waals surface area contributed by atoms with Gasteiger partial charge in [0.15, 0.2) is 0 Å². The number of fused-ring (bicyclic) bond motifs is 2. The smallest absolute Gasteiger partial charge is 0.329 e. The van der Waals surface area contributed by atoms with Crippen molar-refractivity contribution in [3.05, 3.63) is 71.1 Å². The summed E-state index contributed by atoms with van der Waals surface area (Å²) >= 11 is 0. The minimum Gasteiger partial charge on any atom is -0.490 e. The van der Waals surface area contributed by atoms with Crippen LogP contribution in [0, 0.1) is 0 Å². The number of nitrogens with two attached hydrogens (primary N) is 1. The van der Waals surface area contributed by atoms with Gasteiger partial charge in [-0.1, -0.05) is 43.3 Å². The predicted molar refractivity (Wildman–Crippen MR) is 123 cm³/mol. The molecule has 0 saturated heterocycles. The van der Waals surface area contributed by atoms with Gasteiger partial charge in [0.25, 0.3) is 0 Å². The number of rotatable bonds is 8. The molecule has 32 heavy (non-hydrogen) atoms. The van der Waals surface area contributed by atoms with E-state index in [9.17, 15) is 18.3 Å². The summed E-state index contributed by atoms with van der Waals surface area (Å²) < 4.78 is 32.4. The van der Waals surface area contributed by atoms with Crippen molar-refractivity contribution in [1.29, 1.82) is 0 Å². The molecule has 8 nitrogen and oxygen atoms in total. The molecule has 1 heterocycles. The van der Waals surface area contributed by atoms with E-state index in [1.165, 1.54) is 16.7 Å². The summed E-state index contributed by atoms with van der Waals surface area (Å²) in [7, 11) is -3.93. The number of nitrogens with zero attached hydrogens (tertiary/aromatic N) is 2. The maximum absolute atomic E-state index is 13.0. The van der Waals surface area contributed by atoms with Gasteiger partial charge >= 0.3 is 5.69 Å². The molecule has 1 unspecified atom stereocenters. The summed E-state index contributed by atoms with van der Waals surface area (Å²) in [4.78, 5) is 12.9. The van der Waals surface area contributed by atoms with Crippen LogP contribution in [0.5, 0.6) is 5.75 Å². The van der Waals surface area contributed by atoms with Crippen LogP contribution in [0.25, 0.3) is 21.8 Å². The maximum Gasteiger partial charge on any atom is 0.329 e. The third kappa shape index (κ3) is 4.27. The van der Waals surface area contributed by atoms with Crippen LogP contribution in [0.2, 0.25) is 0 Å². The lowest BCUT2D eigenvalue weighted by atomic mass is 10.1. The van der Waals surface area contributed by atoms with E-state index in [0.29, 0.717) is 23.3 Å². The average Bonchev–Trinajstić information content (AvgIpc) is 3.02. The Labute approximate surface area is 185 Å². The fraction of sp³-hybridized carbons (Fsp3) is 0.261. The van der Waals surface area contributed by atoms with Gasteiger partial charge < -0.3 is 9.84 Å². The average molecular weight is 456 g/mol. The molecule has 4 aromatic rings. The van der Waals surface area contributed by atoms with E-state index in [1.54, 1.807) is 10.6 Å². The summed E-state index contributed by atoms with van der Waals surface area (Å²) in [6.07, 6.45) is -0.270. The van der Waals surface area contributed by atoms with Crippen molar-refractivity contribution in [3.63, 3.8) is 0 Å². The zero-order valence-corrected chi connectivity index (χ0v) is 18.5. The predicted octanol–water partition coefficient (Wildman–Crippen LogP) is 2.45. The number of sulfonamides is 1. The standard InChI is InChI=1S/C23H25N3O5S/c1-2-12-25-20-11-10-18(32(24,29)30)13-21(20)26(23(25)28)14-17(27)15-31-22-9-5-7-16-6-3-4-8-19(16)22/h3-11,13,17,27H,2,12,14-15H2,1H3,(H2,24,29,30). The molecule has 1 atom stereocenters. The van der Waals surface area contributed by atoms with Gasteiger partial charge in [-0.25, -0.2) is 18.4 Å². The van der Waals surface area contributed by atoms with Crippen molar-refractivity contribution in [3.8, 4) is 5.75 Å². The van der Waals surface area contributed by atoms with Crippen molar-refractivity contribution >= 4 is 31.8 Å². The van der Waals surface area contributed by atoms with Crippen molar-refractivity contribution in [2.75, 3.05) is 6.61 Å². The Bertz CT molecular complexity index is 1430. The van der Waals surface area contributed by atoms with E-state index in [1.807, 2.05) is 49.4 Å². The van der Waals surface area contributed by atoms with Crippen molar-refractivity contribution in [2.24, 2.45) is 5.14 Å². The highest BCUT2D eigenvalue weighted by atomic mass is 32.2. The van der Waals surface area contributed by atoms with Crippen molar-refractivity contribution in [1.82, 2.24) is 9.13 Å². The Kier molecular flexibility index (Phi) is 6.05. The number of aliphatic hydroxyl groups excluding tert-OH is 1. The van der Waals surface area contributed by atoms with E-state index >= 15 is 0 Å². The first kappa shape index (κ1) is 22.1. The Balaban J connectivity index is 1.63. The highest BCUT2D eigenvalue weighted by molar-refractivity contribution is 7.89. The first-order chi connectivity index (χ1) is 15.3. The van der Waals surface area contributed by atoms with Crippen LogP contribution in [0.1, 0.15) is 13.3 Å². The first-order valence-corrected chi connectivity index (χ1v) is 11.9. The number of primary sulfonamides is 1. The number of aliphatic hydroxyl groups is 1. The van der Waals surface area contributed by atoms with Gasteiger partial charge in [0.1, 0.15) is 18.5 Å². The molecule has 0 aliphatic carbocycles. The molecular weight excluding hydrogens is 430 g/mol. The van der Waals surface area contributed by atoms with Gasteiger partial charge in [0.05, 0.1) is 22.5 Å². The summed E-state index contributed by atoms with van der Waals surface area (Å²) in [5.74, 6) is 0.638.